The molecule has 0 heterocycles. The highest BCUT2D eigenvalue weighted by Gasteiger charge is 2.28. The van der Waals surface area contributed by atoms with Crippen molar-refractivity contribution in [3.8, 4) is 0 Å². The summed E-state index contributed by atoms with van der Waals surface area (Å²) in [7, 11) is 0. The van der Waals surface area contributed by atoms with Gasteiger partial charge < -0.3 is 15.3 Å². The van der Waals surface area contributed by atoms with Gasteiger partial charge in [-0.2, -0.15) is 0 Å². The van der Waals surface area contributed by atoms with E-state index in [0.717, 1.165) is 0 Å². The van der Waals surface area contributed by atoms with Gasteiger partial charge in [-0.25, -0.2) is 4.79 Å². The first-order valence-electron chi connectivity index (χ1n) is 6.30. The summed E-state index contributed by atoms with van der Waals surface area (Å²) in [4.78, 5) is 23.2. The van der Waals surface area contributed by atoms with Crippen LogP contribution in [0.3, 0.4) is 0 Å². The van der Waals surface area contributed by atoms with Crippen molar-refractivity contribution in [1.29, 1.82) is 0 Å². The minimum absolute atomic E-state index is 0.0845. The number of ketones is 1. The van der Waals surface area contributed by atoms with E-state index < -0.39 is 18.2 Å². The summed E-state index contributed by atoms with van der Waals surface area (Å²) in [5, 5.41) is 28.2. The second-order valence-electron chi connectivity index (χ2n) is 4.51. The minimum Gasteiger partial charge on any atom is -0.479 e. The van der Waals surface area contributed by atoms with Crippen LogP contribution in [0.4, 0.5) is 0 Å². The summed E-state index contributed by atoms with van der Waals surface area (Å²) in [6.07, 6.45) is -3.67. The molecule has 0 aliphatic heterocycles. The number of rotatable bonds is 5. The third-order valence-electron chi connectivity index (χ3n) is 3.11. The number of hydrogen-bond donors (Lipinski definition) is 3. The van der Waals surface area contributed by atoms with E-state index in [1.54, 1.807) is 42.5 Å². The molecule has 2 rings (SSSR count). The van der Waals surface area contributed by atoms with Gasteiger partial charge in [0.05, 0.1) is 0 Å². The molecule has 108 valence electrons. The van der Waals surface area contributed by atoms with E-state index in [1.165, 1.54) is 12.1 Å². The highest BCUT2D eigenvalue weighted by Crippen LogP contribution is 2.23. The quantitative estimate of drug-likeness (QED) is 0.722. The molecule has 2 atom stereocenters. The van der Waals surface area contributed by atoms with Gasteiger partial charge in [-0.1, -0.05) is 54.6 Å². The molecule has 2 aromatic carbocycles. The van der Waals surface area contributed by atoms with Gasteiger partial charge in [0.1, 0.15) is 6.10 Å². The summed E-state index contributed by atoms with van der Waals surface area (Å²) in [6.45, 7) is 0. The molecular formula is C16H14O5. The largest absolute Gasteiger partial charge is 0.479 e. The fraction of sp³-hybridized carbons (Fsp3) is 0.125. The molecule has 21 heavy (non-hydrogen) atoms. The van der Waals surface area contributed by atoms with Crippen LogP contribution in [0.1, 0.15) is 27.6 Å². The molecule has 0 bridgehead atoms. The zero-order valence-corrected chi connectivity index (χ0v) is 11.0. The van der Waals surface area contributed by atoms with Gasteiger partial charge in [0.25, 0.3) is 0 Å². The molecule has 0 amide bonds. The molecule has 0 fully saturated rings. The number of carboxylic acids is 1. The average molecular weight is 286 g/mol. The molecule has 0 saturated heterocycles. The zero-order valence-electron chi connectivity index (χ0n) is 11.0. The minimum atomic E-state index is -1.99. The van der Waals surface area contributed by atoms with Crippen molar-refractivity contribution in [1.82, 2.24) is 0 Å². The van der Waals surface area contributed by atoms with Crippen LogP contribution in [0.15, 0.2) is 54.6 Å². The van der Waals surface area contributed by atoms with E-state index in [2.05, 4.69) is 0 Å². The third-order valence-corrected chi connectivity index (χ3v) is 3.11. The average Bonchev–Trinajstić information content (AvgIpc) is 2.53. The van der Waals surface area contributed by atoms with Crippen LogP contribution in [0.25, 0.3) is 0 Å². The van der Waals surface area contributed by atoms with Crippen molar-refractivity contribution in [2.24, 2.45) is 0 Å². The van der Waals surface area contributed by atoms with E-state index in [0.29, 0.717) is 5.56 Å². The molecule has 0 saturated carbocycles. The van der Waals surface area contributed by atoms with Crippen LogP contribution in [-0.4, -0.2) is 33.2 Å². The summed E-state index contributed by atoms with van der Waals surface area (Å²) in [5.74, 6) is -1.90. The SMILES string of the molecule is O=C(c1ccccc1)c1ccccc1C(O)C(O)C(=O)O. The number of aliphatic carboxylic acids is 1. The van der Waals surface area contributed by atoms with Gasteiger partial charge in [0.2, 0.25) is 0 Å². The maximum Gasteiger partial charge on any atom is 0.335 e. The summed E-state index contributed by atoms with van der Waals surface area (Å²) in [5.41, 5.74) is 0.666. The second-order valence-corrected chi connectivity index (χ2v) is 4.51. The van der Waals surface area contributed by atoms with E-state index in [1.807, 2.05) is 0 Å². The topological polar surface area (TPSA) is 94.8 Å². The molecule has 0 aliphatic carbocycles. The normalized spacial score (nSPS) is 13.4. The fourth-order valence-corrected chi connectivity index (χ4v) is 2.01. The van der Waals surface area contributed by atoms with Crippen LogP contribution >= 0.6 is 0 Å². The Hall–Kier alpha value is -2.50. The van der Waals surface area contributed by atoms with Crippen molar-refractivity contribution in [3.05, 3.63) is 71.3 Å². The monoisotopic (exact) mass is 286 g/mol. The molecule has 5 nitrogen and oxygen atoms in total. The number of benzene rings is 2. The number of carboxylic acid groups (broad SMARTS) is 1. The predicted molar refractivity (Wildman–Crippen MR) is 74.9 cm³/mol. The fourth-order valence-electron chi connectivity index (χ4n) is 2.01. The van der Waals surface area contributed by atoms with Crippen molar-refractivity contribution in [2.75, 3.05) is 0 Å². The van der Waals surface area contributed by atoms with Crippen LogP contribution < -0.4 is 0 Å². The second kappa shape index (κ2) is 6.30. The van der Waals surface area contributed by atoms with E-state index >= 15 is 0 Å². The van der Waals surface area contributed by atoms with E-state index in [4.69, 9.17) is 5.11 Å². The number of aliphatic hydroxyl groups excluding tert-OH is 2. The van der Waals surface area contributed by atoms with E-state index in [-0.39, 0.29) is 16.9 Å². The zero-order chi connectivity index (χ0) is 15.4. The lowest BCUT2D eigenvalue weighted by atomic mass is 9.93. The Kier molecular flexibility index (Phi) is 4.47. The molecule has 0 aliphatic rings. The molecule has 5 heteroatoms. The van der Waals surface area contributed by atoms with Gasteiger partial charge in [-0.3, -0.25) is 4.79 Å². The lowest BCUT2D eigenvalue weighted by Crippen LogP contribution is -2.28. The highest BCUT2D eigenvalue weighted by molar-refractivity contribution is 6.10. The molecule has 2 aromatic rings. The molecule has 0 spiro atoms. The van der Waals surface area contributed by atoms with Gasteiger partial charge in [0, 0.05) is 11.1 Å². The lowest BCUT2D eigenvalue weighted by Gasteiger charge is -2.17. The lowest BCUT2D eigenvalue weighted by molar-refractivity contribution is -0.153. The van der Waals surface area contributed by atoms with Gasteiger partial charge >= 0.3 is 5.97 Å². The Balaban J connectivity index is 2.42. The first-order valence-corrected chi connectivity index (χ1v) is 6.30. The van der Waals surface area contributed by atoms with Crippen LogP contribution in [0.2, 0.25) is 0 Å². The Labute approximate surface area is 121 Å². The van der Waals surface area contributed by atoms with Gasteiger partial charge in [0.15, 0.2) is 11.9 Å². The van der Waals surface area contributed by atoms with Gasteiger partial charge in [-0.05, 0) is 5.56 Å². The number of aliphatic hydroxyl groups is 2. The molecule has 0 aromatic heterocycles. The summed E-state index contributed by atoms with van der Waals surface area (Å²) < 4.78 is 0. The first-order chi connectivity index (χ1) is 10.0. The van der Waals surface area contributed by atoms with Crippen molar-refractivity contribution < 1.29 is 24.9 Å². The Morgan fingerprint density at radius 1 is 0.857 bits per heavy atom. The Morgan fingerprint density at radius 3 is 2.05 bits per heavy atom. The standard InChI is InChI=1S/C16H14O5/c17-13(10-6-2-1-3-7-10)11-8-4-5-9-12(11)14(18)15(19)16(20)21/h1-9,14-15,18-19H,(H,20,21). The van der Waals surface area contributed by atoms with Crippen molar-refractivity contribution >= 4 is 11.8 Å². The Bertz CT molecular complexity index is 651. The van der Waals surface area contributed by atoms with Crippen LogP contribution in [0.5, 0.6) is 0 Å². The first kappa shape index (κ1) is 14.9. The summed E-state index contributed by atoms with van der Waals surface area (Å²) >= 11 is 0. The number of carbonyl (C=O) groups excluding carboxylic acids is 1. The molecule has 0 radical (unpaired) electrons. The maximum atomic E-state index is 12.4. The molecular weight excluding hydrogens is 272 g/mol. The smallest absolute Gasteiger partial charge is 0.335 e. The van der Waals surface area contributed by atoms with Gasteiger partial charge in [-0.15, -0.1) is 0 Å². The van der Waals surface area contributed by atoms with Crippen molar-refractivity contribution in [2.45, 2.75) is 12.2 Å². The number of carbonyl (C=O) groups is 2. The highest BCUT2D eigenvalue weighted by atomic mass is 16.4. The Morgan fingerprint density at radius 2 is 1.43 bits per heavy atom. The van der Waals surface area contributed by atoms with Crippen LogP contribution in [-0.2, 0) is 4.79 Å². The third kappa shape index (κ3) is 3.16. The number of hydrogen-bond acceptors (Lipinski definition) is 4. The maximum absolute atomic E-state index is 12.4. The molecule has 3 N–H and O–H groups in total. The summed E-state index contributed by atoms with van der Waals surface area (Å²) in [6, 6.07) is 14.5. The van der Waals surface area contributed by atoms with Crippen LogP contribution in [0, 0.1) is 0 Å². The van der Waals surface area contributed by atoms with E-state index in [9.17, 15) is 19.8 Å². The van der Waals surface area contributed by atoms with Crippen molar-refractivity contribution in [3.63, 3.8) is 0 Å². The molecule has 2 unspecified atom stereocenters. The predicted octanol–water partition coefficient (Wildman–Crippen LogP) is 1.40.